The molecule has 3 nitrogen and oxygen atoms in total. The fourth-order valence-electron chi connectivity index (χ4n) is 3.98. The standard InChI is InChI=1S/C15H28NO2/c1-11(17)18-15-10-13-8-6-5-7-12(13)9-14(15)16(2,3)4/h12-15H,5-10H2,1-4H3/q+1/t12-,13-,14+,15+/m1/s1. The van der Waals surface area contributed by atoms with Gasteiger partial charge in [0.2, 0.25) is 0 Å². The van der Waals surface area contributed by atoms with Crippen LogP contribution in [0.25, 0.3) is 0 Å². The Morgan fingerprint density at radius 2 is 1.61 bits per heavy atom. The largest absolute Gasteiger partial charge is 0.456 e. The molecule has 0 spiro atoms. The maximum Gasteiger partial charge on any atom is 0.303 e. The SMILES string of the molecule is CC(=O)O[C@H]1C[C@H]2CCCC[C@@H]2C[C@@H]1[N+](C)(C)C. The second-order valence-electron chi connectivity index (χ2n) is 7.11. The lowest BCUT2D eigenvalue weighted by Crippen LogP contribution is -2.57. The molecule has 0 amide bonds. The van der Waals surface area contributed by atoms with Crippen molar-refractivity contribution >= 4 is 5.97 Å². The Morgan fingerprint density at radius 3 is 2.11 bits per heavy atom. The van der Waals surface area contributed by atoms with E-state index in [0.29, 0.717) is 6.04 Å². The molecule has 18 heavy (non-hydrogen) atoms. The Kier molecular flexibility index (Phi) is 4.00. The normalized spacial score (nSPS) is 36.9. The van der Waals surface area contributed by atoms with Crippen LogP contribution in [-0.2, 0) is 9.53 Å². The van der Waals surface area contributed by atoms with E-state index in [1.807, 2.05) is 0 Å². The highest BCUT2D eigenvalue weighted by molar-refractivity contribution is 5.66. The zero-order valence-electron chi connectivity index (χ0n) is 12.3. The van der Waals surface area contributed by atoms with Crippen molar-refractivity contribution in [2.75, 3.05) is 21.1 Å². The van der Waals surface area contributed by atoms with E-state index in [2.05, 4.69) is 21.1 Å². The van der Waals surface area contributed by atoms with Gasteiger partial charge in [-0.2, -0.15) is 0 Å². The molecule has 0 N–H and O–H groups in total. The van der Waals surface area contributed by atoms with Gasteiger partial charge in [-0.25, -0.2) is 0 Å². The van der Waals surface area contributed by atoms with Crippen LogP contribution in [0, 0.1) is 11.8 Å². The van der Waals surface area contributed by atoms with E-state index in [1.165, 1.54) is 32.1 Å². The summed E-state index contributed by atoms with van der Waals surface area (Å²) < 4.78 is 6.53. The maximum atomic E-state index is 11.3. The van der Waals surface area contributed by atoms with E-state index in [0.717, 1.165) is 22.7 Å². The fraction of sp³-hybridized carbons (Fsp3) is 0.933. The van der Waals surface area contributed by atoms with Crippen LogP contribution in [-0.4, -0.2) is 43.7 Å². The molecule has 0 radical (unpaired) electrons. The summed E-state index contributed by atoms with van der Waals surface area (Å²) in [6.07, 6.45) is 7.92. The number of fused-ring (bicyclic) bond motifs is 1. The minimum absolute atomic E-state index is 0.118. The lowest BCUT2D eigenvalue weighted by Gasteiger charge is -2.47. The molecular formula is C15H28NO2+. The Labute approximate surface area is 111 Å². The molecule has 104 valence electrons. The van der Waals surface area contributed by atoms with E-state index < -0.39 is 0 Å². The lowest BCUT2D eigenvalue weighted by atomic mass is 9.68. The van der Waals surface area contributed by atoms with Crippen molar-refractivity contribution in [1.29, 1.82) is 0 Å². The average molecular weight is 254 g/mol. The van der Waals surface area contributed by atoms with Gasteiger partial charge in [0.1, 0.15) is 6.04 Å². The molecule has 0 unspecified atom stereocenters. The molecule has 0 aromatic carbocycles. The minimum Gasteiger partial charge on any atom is -0.456 e. The Morgan fingerprint density at radius 1 is 1.06 bits per heavy atom. The lowest BCUT2D eigenvalue weighted by molar-refractivity contribution is -0.901. The number of hydrogen-bond acceptors (Lipinski definition) is 2. The van der Waals surface area contributed by atoms with Crippen molar-refractivity contribution in [2.45, 2.75) is 57.6 Å². The third kappa shape index (κ3) is 3.05. The van der Waals surface area contributed by atoms with Crippen LogP contribution < -0.4 is 0 Å². The molecule has 0 aromatic heterocycles. The van der Waals surface area contributed by atoms with Gasteiger partial charge in [0.05, 0.1) is 21.1 Å². The Hall–Kier alpha value is -0.570. The number of esters is 1. The molecule has 0 bridgehead atoms. The average Bonchev–Trinajstić information content (AvgIpc) is 2.26. The maximum absolute atomic E-state index is 11.3. The molecule has 2 aliphatic rings. The topological polar surface area (TPSA) is 26.3 Å². The first-order valence-corrected chi connectivity index (χ1v) is 7.36. The molecule has 2 fully saturated rings. The molecular weight excluding hydrogens is 226 g/mol. The molecule has 0 aromatic rings. The van der Waals surface area contributed by atoms with E-state index in [4.69, 9.17) is 4.74 Å². The first-order valence-electron chi connectivity index (χ1n) is 7.36. The van der Waals surface area contributed by atoms with Gasteiger partial charge in [-0.1, -0.05) is 19.3 Å². The van der Waals surface area contributed by atoms with Crippen molar-refractivity contribution < 1.29 is 14.0 Å². The summed E-state index contributed by atoms with van der Waals surface area (Å²) in [5.74, 6) is 1.55. The zero-order chi connectivity index (χ0) is 13.3. The molecule has 0 saturated heterocycles. The van der Waals surface area contributed by atoms with E-state index in [9.17, 15) is 4.79 Å². The number of ether oxygens (including phenoxy) is 1. The molecule has 2 saturated carbocycles. The molecule has 2 aliphatic carbocycles. The van der Waals surface area contributed by atoms with Crippen LogP contribution >= 0.6 is 0 Å². The van der Waals surface area contributed by atoms with Crippen molar-refractivity contribution in [1.82, 2.24) is 0 Å². The third-order valence-electron chi connectivity index (χ3n) is 4.89. The van der Waals surface area contributed by atoms with E-state index in [-0.39, 0.29) is 12.1 Å². The van der Waals surface area contributed by atoms with Crippen LogP contribution in [0.15, 0.2) is 0 Å². The summed E-state index contributed by atoms with van der Waals surface area (Å²) in [5.41, 5.74) is 0. The third-order valence-corrected chi connectivity index (χ3v) is 4.89. The summed E-state index contributed by atoms with van der Waals surface area (Å²) in [6, 6.07) is 0.466. The number of quaternary nitrogens is 1. The quantitative estimate of drug-likeness (QED) is 0.559. The summed E-state index contributed by atoms with van der Waals surface area (Å²) in [5, 5.41) is 0. The van der Waals surface area contributed by atoms with Crippen molar-refractivity contribution in [3.8, 4) is 0 Å². The number of carbonyl (C=O) groups is 1. The second kappa shape index (κ2) is 5.20. The number of carbonyl (C=O) groups excluding carboxylic acids is 1. The monoisotopic (exact) mass is 254 g/mol. The van der Waals surface area contributed by atoms with Crippen molar-refractivity contribution in [2.24, 2.45) is 11.8 Å². The van der Waals surface area contributed by atoms with Gasteiger partial charge in [0, 0.05) is 13.3 Å². The number of likely N-dealkylation sites (N-methyl/N-ethyl adjacent to an activating group) is 1. The first kappa shape index (κ1) is 13.9. The summed E-state index contributed by atoms with van der Waals surface area (Å²) in [4.78, 5) is 11.3. The minimum atomic E-state index is -0.118. The predicted molar refractivity (Wildman–Crippen MR) is 72.1 cm³/mol. The Bertz CT molecular complexity index is 308. The number of hydrogen-bond donors (Lipinski definition) is 0. The summed E-state index contributed by atoms with van der Waals surface area (Å²) in [7, 11) is 6.68. The smallest absolute Gasteiger partial charge is 0.303 e. The van der Waals surface area contributed by atoms with Gasteiger partial charge < -0.3 is 9.22 Å². The van der Waals surface area contributed by atoms with Crippen LogP contribution in [0.5, 0.6) is 0 Å². The van der Waals surface area contributed by atoms with Crippen LogP contribution in [0.2, 0.25) is 0 Å². The number of rotatable bonds is 2. The number of nitrogens with zero attached hydrogens (tertiary/aromatic N) is 1. The van der Waals surface area contributed by atoms with Crippen molar-refractivity contribution in [3.63, 3.8) is 0 Å². The highest BCUT2D eigenvalue weighted by Crippen LogP contribution is 2.43. The zero-order valence-corrected chi connectivity index (χ0v) is 12.3. The molecule has 2 rings (SSSR count). The van der Waals surface area contributed by atoms with E-state index >= 15 is 0 Å². The van der Waals surface area contributed by atoms with E-state index in [1.54, 1.807) is 6.92 Å². The highest BCUT2D eigenvalue weighted by Gasteiger charge is 2.45. The van der Waals surface area contributed by atoms with Gasteiger partial charge >= 0.3 is 5.97 Å². The van der Waals surface area contributed by atoms with Gasteiger partial charge in [0.25, 0.3) is 0 Å². The molecule has 0 aliphatic heterocycles. The Balaban J connectivity index is 2.11. The van der Waals surface area contributed by atoms with Gasteiger partial charge in [-0.15, -0.1) is 0 Å². The van der Waals surface area contributed by atoms with Gasteiger partial charge in [-0.3, -0.25) is 4.79 Å². The van der Waals surface area contributed by atoms with Crippen LogP contribution in [0.4, 0.5) is 0 Å². The summed E-state index contributed by atoms with van der Waals surface area (Å²) in [6.45, 7) is 1.54. The van der Waals surface area contributed by atoms with Crippen LogP contribution in [0.3, 0.4) is 0 Å². The first-order chi connectivity index (χ1) is 8.38. The second-order valence-corrected chi connectivity index (χ2v) is 7.11. The summed E-state index contributed by atoms with van der Waals surface area (Å²) >= 11 is 0. The molecule has 3 heteroatoms. The fourth-order valence-corrected chi connectivity index (χ4v) is 3.98. The van der Waals surface area contributed by atoms with Crippen molar-refractivity contribution in [3.05, 3.63) is 0 Å². The van der Waals surface area contributed by atoms with Gasteiger partial charge in [-0.05, 0) is 24.7 Å². The predicted octanol–water partition coefficient (Wildman–Crippen LogP) is 2.59. The van der Waals surface area contributed by atoms with Crippen LogP contribution in [0.1, 0.15) is 45.4 Å². The van der Waals surface area contributed by atoms with Gasteiger partial charge in [0.15, 0.2) is 6.10 Å². The molecule has 4 atom stereocenters. The highest BCUT2D eigenvalue weighted by atomic mass is 16.5. The molecule has 0 heterocycles.